The number of alkyl halides is 3. The van der Waals surface area contributed by atoms with E-state index in [-0.39, 0.29) is 0 Å². The number of nitro benzene ring substituents is 2. The molecule has 0 spiro atoms. The van der Waals surface area contributed by atoms with Crippen molar-refractivity contribution in [3.8, 4) is 0 Å². The lowest BCUT2D eigenvalue weighted by Gasteiger charge is -2.62. The SMILES string of the molecule is C[C@@H](Nc1c([N+](=O)[O-])cc(C(F)(F)F)cc1[N+](=O)[O-])C12C[C@@H]3C[C@@H](CC(O)(C3)C1)C2. The molecule has 5 rings (SSSR count). The van der Waals surface area contributed by atoms with E-state index < -0.39 is 55.7 Å². The van der Waals surface area contributed by atoms with E-state index in [4.69, 9.17) is 0 Å². The maximum Gasteiger partial charge on any atom is 0.416 e. The minimum absolute atomic E-state index is 0.318. The molecule has 1 aromatic carbocycles. The number of benzene rings is 1. The molecule has 1 aromatic rings. The lowest BCUT2D eigenvalue weighted by molar-refractivity contribution is -0.392. The van der Waals surface area contributed by atoms with E-state index in [9.17, 15) is 38.5 Å². The summed E-state index contributed by atoms with van der Waals surface area (Å²) in [4.78, 5) is 20.9. The van der Waals surface area contributed by atoms with Crippen molar-refractivity contribution in [1.29, 1.82) is 0 Å². The molecule has 4 aliphatic rings. The topological polar surface area (TPSA) is 119 Å². The van der Waals surface area contributed by atoms with Crippen LogP contribution in [-0.2, 0) is 6.18 Å². The molecule has 5 atom stereocenters. The van der Waals surface area contributed by atoms with E-state index >= 15 is 0 Å². The molecule has 0 aliphatic heterocycles. The number of anilines is 1. The Kier molecular flexibility index (Phi) is 4.53. The molecule has 164 valence electrons. The van der Waals surface area contributed by atoms with Crippen molar-refractivity contribution in [3.05, 3.63) is 37.9 Å². The first-order chi connectivity index (χ1) is 13.8. The van der Waals surface area contributed by atoms with Gasteiger partial charge in [-0.15, -0.1) is 0 Å². The maximum atomic E-state index is 13.1. The zero-order chi connectivity index (χ0) is 22.1. The summed E-state index contributed by atoms with van der Waals surface area (Å²) in [6.07, 6.45) is -0.495. The van der Waals surface area contributed by atoms with Crippen molar-refractivity contribution in [2.45, 2.75) is 63.3 Å². The molecule has 0 radical (unpaired) electrons. The zero-order valence-corrected chi connectivity index (χ0v) is 16.2. The van der Waals surface area contributed by atoms with Crippen LogP contribution in [0.4, 0.5) is 30.2 Å². The van der Waals surface area contributed by atoms with Gasteiger partial charge < -0.3 is 10.4 Å². The van der Waals surface area contributed by atoms with Gasteiger partial charge in [-0.25, -0.2) is 0 Å². The Balaban J connectivity index is 1.74. The highest BCUT2D eigenvalue weighted by molar-refractivity contribution is 5.75. The Hall–Kier alpha value is -2.43. The van der Waals surface area contributed by atoms with Crippen molar-refractivity contribution >= 4 is 17.1 Å². The summed E-state index contributed by atoms with van der Waals surface area (Å²) in [6, 6.07) is 0.161. The van der Waals surface area contributed by atoms with Gasteiger partial charge in [0, 0.05) is 18.2 Å². The Bertz CT molecular complexity index is 870. The monoisotopic (exact) mass is 429 g/mol. The summed E-state index contributed by atoms with van der Waals surface area (Å²) in [5.41, 5.74) is -5.14. The second kappa shape index (κ2) is 6.53. The van der Waals surface area contributed by atoms with E-state index in [1.807, 2.05) is 0 Å². The number of rotatable bonds is 5. The van der Waals surface area contributed by atoms with Crippen molar-refractivity contribution in [2.75, 3.05) is 5.32 Å². The molecule has 4 fully saturated rings. The van der Waals surface area contributed by atoms with Gasteiger partial charge in [-0.2, -0.15) is 13.2 Å². The Morgan fingerprint density at radius 3 is 2.00 bits per heavy atom. The fraction of sp³-hybridized carbons (Fsp3) is 0.684. The fourth-order valence-corrected chi connectivity index (χ4v) is 6.37. The minimum Gasteiger partial charge on any atom is -0.390 e. The average Bonchev–Trinajstić information content (AvgIpc) is 2.58. The third-order valence-corrected chi connectivity index (χ3v) is 7.17. The molecule has 0 heterocycles. The van der Waals surface area contributed by atoms with Crippen LogP contribution in [0, 0.1) is 37.5 Å². The van der Waals surface area contributed by atoms with Crippen LogP contribution < -0.4 is 5.32 Å². The highest BCUT2D eigenvalue weighted by Crippen LogP contribution is 2.63. The second-order valence-corrected chi connectivity index (χ2v) is 9.32. The van der Waals surface area contributed by atoms with Crippen LogP contribution in [0.1, 0.15) is 51.0 Å². The predicted octanol–water partition coefficient (Wildman–Crippen LogP) is 4.65. The number of aliphatic hydroxyl groups is 1. The molecule has 2 unspecified atom stereocenters. The van der Waals surface area contributed by atoms with Gasteiger partial charge in [-0.05, 0) is 62.7 Å². The van der Waals surface area contributed by atoms with Gasteiger partial charge in [-0.3, -0.25) is 20.2 Å². The summed E-state index contributed by atoms with van der Waals surface area (Å²) in [6.45, 7) is 1.74. The zero-order valence-electron chi connectivity index (χ0n) is 16.2. The lowest BCUT2D eigenvalue weighted by atomic mass is 9.46. The summed E-state index contributed by atoms with van der Waals surface area (Å²) >= 11 is 0. The van der Waals surface area contributed by atoms with Gasteiger partial charge in [0.2, 0.25) is 0 Å². The van der Waals surface area contributed by atoms with Gasteiger partial charge in [-0.1, -0.05) is 0 Å². The molecule has 30 heavy (non-hydrogen) atoms. The largest absolute Gasteiger partial charge is 0.416 e. The average molecular weight is 429 g/mol. The van der Waals surface area contributed by atoms with E-state index in [0.717, 1.165) is 19.3 Å². The smallest absolute Gasteiger partial charge is 0.390 e. The number of nitrogens with zero attached hydrogens (tertiary/aromatic N) is 2. The molecule has 0 amide bonds. The van der Waals surface area contributed by atoms with Crippen LogP contribution in [0.2, 0.25) is 0 Å². The first-order valence-corrected chi connectivity index (χ1v) is 9.85. The number of halogens is 3. The normalized spacial score (nSPS) is 33.4. The fourth-order valence-electron chi connectivity index (χ4n) is 6.37. The molecule has 11 heteroatoms. The number of nitro groups is 2. The Labute approximate surface area is 169 Å². The maximum absolute atomic E-state index is 13.1. The predicted molar refractivity (Wildman–Crippen MR) is 99.9 cm³/mol. The van der Waals surface area contributed by atoms with Crippen LogP contribution in [0.15, 0.2) is 12.1 Å². The number of hydrogen-bond donors (Lipinski definition) is 2. The van der Waals surface area contributed by atoms with Gasteiger partial charge in [0.15, 0.2) is 5.69 Å². The summed E-state index contributed by atoms with van der Waals surface area (Å²) in [7, 11) is 0. The molecule has 0 saturated heterocycles. The number of nitrogens with one attached hydrogen (secondary N) is 1. The van der Waals surface area contributed by atoms with Crippen LogP contribution in [-0.4, -0.2) is 26.6 Å². The van der Waals surface area contributed by atoms with Crippen molar-refractivity contribution < 1.29 is 28.1 Å². The van der Waals surface area contributed by atoms with Crippen LogP contribution >= 0.6 is 0 Å². The Morgan fingerprint density at radius 2 is 1.60 bits per heavy atom. The molecule has 8 nitrogen and oxygen atoms in total. The molecule has 2 N–H and O–H groups in total. The van der Waals surface area contributed by atoms with Crippen LogP contribution in [0.5, 0.6) is 0 Å². The van der Waals surface area contributed by atoms with E-state index in [1.165, 1.54) is 0 Å². The number of hydrogen-bond acceptors (Lipinski definition) is 6. The van der Waals surface area contributed by atoms with E-state index in [2.05, 4.69) is 5.32 Å². The van der Waals surface area contributed by atoms with Crippen molar-refractivity contribution in [3.63, 3.8) is 0 Å². The molecule has 4 saturated carbocycles. The first-order valence-electron chi connectivity index (χ1n) is 9.85. The van der Waals surface area contributed by atoms with E-state index in [0.29, 0.717) is 43.2 Å². The summed E-state index contributed by atoms with van der Waals surface area (Å²) < 4.78 is 39.4. The first kappa shape index (κ1) is 20.8. The van der Waals surface area contributed by atoms with Crippen molar-refractivity contribution in [1.82, 2.24) is 0 Å². The quantitative estimate of drug-likeness (QED) is 0.519. The van der Waals surface area contributed by atoms with Gasteiger partial charge >= 0.3 is 6.18 Å². The van der Waals surface area contributed by atoms with Crippen LogP contribution in [0.3, 0.4) is 0 Å². The van der Waals surface area contributed by atoms with E-state index in [1.54, 1.807) is 6.92 Å². The summed E-state index contributed by atoms with van der Waals surface area (Å²) in [5, 5.41) is 36.7. The standard InChI is InChI=1S/C19H22F3N3O5/c1-10(17-5-11-2-12(6-17)8-18(26,7-11)9-17)23-16-14(24(27)28)3-13(19(20,21)22)4-15(16)25(29)30/h3-4,10-12,23,26H,2,5-9H2,1H3/t10-,11-,12+,17?,18?/m1/s1. The van der Waals surface area contributed by atoms with Crippen LogP contribution in [0.25, 0.3) is 0 Å². The molecular formula is C19H22F3N3O5. The lowest BCUT2D eigenvalue weighted by Crippen LogP contribution is -2.60. The summed E-state index contributed by atoms with van der Waals surface area (Å²) in [5.74, 6) is 0.635. The third kappa shape index (κ3) is 3.38. The highest BCUT2D eigenvalue weighted by atomic mass is 19.4. The second-order valence-electron chi connectivity index (χ2n) is 9.32. The molecular weight excluding hydrogens is 407 g/mol. The minimum atomic E-state index is -4.96. The molecule has 4 bridgehead atoms. The molecule has 0 aromatic heterocycles. The van der Waals surface area contributed by atoms with Gasteiger partial charge in [0.1, 0.15) is 0 Å². The van der Waals surface area contributed by atoms with Gasteiger partial charge in [0.05, 0.1) is 21.0 Å². The Morgan fingerprint density at radius 1 is 1.10 bits per heavy atom. The third-order valence-electron chi connectivity index (χ3n) is 7.17. The van der Waals surface area contributed by atoms with Gasteiger partial charge in [0.25, 0.3) is 11.4 Å². The highest BCUT2D eigenvalue weighted by Gasteiger charge is 2.59. The molecule has 4 aliphatic carbocycles. The van der Waals surface area contributed by atoms with Crippen molar-refractivity contribution in [2.24, 2.45) is 17.3 Å².